The lowest BCUT2D eigenvalue weighted by molar-refractivity contribution is 0.1000. The van der Waals surface area contributed by atoms with Crippen molar-refractivity contribution < 1.29 is 13.2 Å². The molecule has 1 aromatic rings. The molecule has 0 saturated heterocycles. The van der Waals surface area contributed by atoms with Gasteiger partial charge in [-0.05, 0) is 24.6 Å². The first-order chi connectivity index (χ1) is 9.34. The molecule has 0 fully saturated rings. The topological polar surface area (TPSA) is 106 Å². The second kappa shape index (κ2) is 6.53. The van der Waals surface area contributed by atoms with Gasteiger partial charge in [0.1, 0.15) is 4.90 Å². The molecule has 0 bridgehead atoms. The lowest BCUT2D eigenvalue weighted by Crippen LogP contribution is -2.32. The zero-order valence-corrected chi connectivity index (χ0v) is 12.2. The van der Waals surface area contributed by atoms with E-state index in [0.29, 0.717) is 13.0 Å². The van der Waals surface area contributed by atoms with Crippen molar-refractivity contribution in [1.82, 2.24) is 4.31 Å². The fourth-order valence-corrected chi connectivity index (χ4v) is 3.38. The SMILES string of the molecule is C=CCN(CCC)S(=O)(=O)c1ccc(C(N)=O)cc1N. The number of nitrogens with zero attached hydrogens (tertiary/aromatic N) is 1. The van der Waals surface area contributed by atoms with Crippen LogP contribution in [0.5, 0.6) is 0 Å². The number of benzene rings is 1. The van der Waals surface area contributed by atoms with E-state index in [-0.39, 0.29) is 22.7 Å². The Labute approximate surface area is 119 Å². The number of carbonyl (C=O) groups excluding carboxylic acids is 1. The molecule has 1 rings (SSSR count). The van der Waals surface area contributed by atoms with Crippen LogP contribution >= 0.6 is 0 Å². The Morgan fingerprint density at radius 3 is 2.55 bits per heavy atom. The van der Waals surface area contributed by atoms with Crippen LogP contribution in [0.15, 0.2) is 35.7 Å². The van der Waals surface area contributed by atoms with Gasteiger partial charge in [-0.1, -0.05) is 13.0 Å². The van der Waals surface area contributed by atoms with E-state index in [2.05, 4.69) is 6.58 Å². The number of hydrogen-bond acceptors (Lipinski definition) is 4. The Hall–Kier alpha value is -1.86. The average Bonchev–Trinajstić information content (AvgIpc) is 2.37. The molecule has 1 aromatic carbocycles. The van der Waals surface area contributed by atoms with Crippen molar-refractivity contribution in [2.75, 3.05) is 18.8 Å². The Bertz CT molecular complexity index is 611. The molecule has 7 heteroatoms. The van der Waals surface area contributed by atoms with Crippen LogP contribution in [0.1, 0.15) is 23.7 Å². The molecule has 4 N–H and O–H groups in total. The molecule has 20 heavy (non-hydrogen) atoms. The number of carbonyl (C=O) groups is 1. The standard InChI is InChI=1S/C13H19N3O3S/c1-3-7-16(8-4-2)20(18,19)12-6-5-10(13(15)17)9-11(12)14/h3,5-6,9H,1,4,7-8,14H2,2H3,(H2,15,17). The van der Waals surface area contributed by atoms with Crippen LogP contribution in [-0.2, 0) is 10.0 Å². The third kappa shape index (κ3) is 3.37. The summed E-state index contributed by atoms with van der Waals surface area (Å²) in [5, 5.41) is 0. The number of amides is 1. The van der Waals surface area contributed by atoms with E-state index >= 15 is 0 Å². The third-order valence-electron chi connectivity index (χ3n) is 2.72. The molecule has 1 amide bonds. The normalized spacial score (nSPS) is 11.5. The molecule has 0 heterocycles. The largest absolute Gasteiger partial charge is 0.398 e. The molecule has 0 radical (unpaired) electrons. The first-order valence-electron chi connectivity index (χ1n) is 6.15. The second-order valence-electron chi connectivity index (χ2n) is 4.27. The zero-order chi connectivity index (χ0) is 15.3. The van der Waals surface area contributed by atoms with E-state index in [1.54, 1.807) is 0 Å². The van der Waals surface area contributed by atoms with Gasteiger partial charge < -0.3 is 11.5 Å². The highest BCUT2D eigenvalue weighted by Crippen LogP contribution is 2.23. The summed E-state index contributed by atoms with van der Waals surface area (Å²) in [4.78, 5) is 11.0. The Balaban J connectivity index is 3.26. The third-order valence-corrected chi connectivity index (χ3v) is 4.66. The molecular formula is C13H19N3O3S. The molecule has 0 saturated carbocycles. The zero-order valence-electron chi connectivity index (χ0n) is 11.4. The highest BCUT2D eigenvalue weighted by molar-refractivity contribution is 7.89. The fraction of sp³-hybridized carbons (Fsp3) is 0.308. The summed E-state index contributed by atoms with van der Waals surface area (Å²) in [5.74, 6) is -0.655. The van der Waals surface area contributed by atoms with Crippen molar-refractivity contribution in [1.29, 1.82) is 0 Å². The van der Waals surface area contributed by atoms with Crippen LogP contribution in [0.3, 0.4) is 0 Å². The van der Waals surface area contributed by atoms with Gasteiger partial charge in [-0.3, -0.25) is 4.79 Å². The molecular weight excluding hydrogens is 278 g/mol. The number of hydrogen-bond donors (Lipinski definition) is 2. The van der Waals surface area contributed by atoms with Crippen LogP contribution < -0.4 is 11.5 Å². The van der Waals surface area contributed by atoms with Crippen LogP contribution in [0, 0.1) is 0 Å². The Kier molecular flexibility index (Phi) is 5.29. The molecule has 0 aliphatic heterocycles. The Morgan fingerprint density at radius 1 is 1.45 bits per heavy atom. The van der Waals surface area contributed by atoms with E-state index in [4.69, 9.17) is 11.5 Å². The van der Waals surface area contributed by atoms with Crippen molar-refractivity contribution >= 4 is 21.6 Å². The highest BCUT2D eigenvalue weighted by Gasteiger charge is 2.25. The van der Waals surface area contributed by atoms with Gasteiger partial charge in [0.15, 0.2) is 0 Å². The van der Waals surface area contributed by atoms with Gasteiger partial charge in [0.2, 0.25) is 15.9 Å². The minimum Gasteiger partial charge on any atom is -0.398 e. The first-order valence-corrected chi connectivity index (χ1v) is 7.59. The molecule has 0 aliphatic carbocycles. The van der Waals surface area contributed by atoms with Crippen molar-refractivity contribution in [2.45, 2.75) is 18.2 Å². The molecule has 6 nitrogen and oxygen atoms in total. The maximum absolute atomic E-state index is 12.5. The highest BCUT2D eigenvalue weighted by atomic mass is 32.2. The summed E-state index contributed by atoms with van der Waals surface area (Å²) in [6.45, 7) is 6.00. The monoisotopic (exact) mass is 297 g/mol. The maximum atomic E-state index is 12.5. The smallest absolute Gasteiger partial charge is 0.248 e. The first kappa shape index (κ1) is 16.2. The van der Waals surface area contributed by atoms with Crippen LogP contribution in [0.25, 0.3) is 0 Å². The van der Waals surface area contributed by atoms with Crippen molar-refractivity contribution in [3.63, 3.8) is 0 Å². The van der Waals surface area contributed by atoms with Crippen molar-refractivity contribution in [3.8, 4) is 0 Å². The van der Waals surface area contributed by atoms with Gasteiger partial charge in [0, 0.05) is 18.7 Å². The molecule has 0 aliphatic rings. The number of nitrogen functional groups attached to an aromatic ring is 1. The van der Waals surface area contributed by atoms with E-state index in [0.717, 1.165) is 0 Å². The summed E-state index contributed by atoms with van der Waals surface area (Å²) < 4.78 is 26.3. The van der Waals surface area contributed by atoms with Crippen LogP contribution in [0.4, 0.5) is 5.69 Å². The van der Waals surface area contributed by atoms with Gasteiger partial charge in [0.05, 0.1) is 5.69 Å². The van der Waals surface area contributed by atoms with E-state index in [1.165, 1.54) is 28.6 Å². The van der Waals surface area contributed by atoms with Gasteiger partial charge in [-0.2, -0.15) is 4.31 Å². The van der Waals surface area contributed by atoms with Crippen molar-refractivity contribution in [3.05, 3.63) is 36.4 Å². The Morgan fingerprint density at radius 2 is 2.10 bits per heavy atom. The molecule has 0 atom stereocenters. The van der Waals surface area contributed by atoms with Gasteiger partial charge in [-0.25, -0.2) is 8.42 Å². The number of primary amides is 1. The molecule has 110 valence electrons. The summed E-state index contributed by atoms with van der Waals surface area (Å²) >= 11 is 0. The number of anilines is 1. The maximum Gasteiger partial charge on any atom is 0.248 e. The van der Waals surface area contributed by atoms with Gasteiger partial charge >= 0.3 is 0 Å². The summed E-state index contributed by atoms with van der Waals surface area (Å²) in [7, 11) is -3.71. The lowest BCUT2D eigenvalue weighted by Gasteiger charge is -2.21. The molecule has 0 aromatic heterocycles. The minimum atomic E-state index is -3.71. The van der Waals surface area contributed by atoms with E-state index in [1.807, 2.05) is 6.92 Å². The summed E-state index contributed by atoms with van der Waals surface area (Å²) in [6, 6.07) is 3.92. The van der Waals surface area contributed by atoms with E-state index < -0.39 is 15.9 Å². The quantitative estimate of drug-likeness (QED) is 0.577. The summed E-state index contributed by atoms with van der Waals surface area (Å²) in [6.07, 6.45) is 2.19. The molecule has 0 unspecified atom stereocenters. The fourth-order valence-electron chi connectivity index (χ4n) is 1.78. The van der Waals surface area contributed by atoms with E-state index in [9.17, 15) is 13.2 Å². The average molecular weight is 297 g/mol. The lowest BCUT2D eigenvalue weighted by atomic mass is 10.2. The number of nitrogens with two attached hydrogens (primary N) is 2. The van der Waals surface area contributed by atoms with Crippen LogP contribution in [0.2, 0.25) is 0 Å². The van der Waals surface area contributed by atoms with Gasteiger partial charge in [0.25, 0.3) is 0 Å². The summed E-state index contributed by atoms with van der Waals surface area (Å²) in [5.41, 5.74) is 11.0. The second-order valence-corrected chi connectivity index (χ2v) is 6.17. The molecule has 0 spiro atoms. The number of sulfonamides is 1. The predicted octanol–water partition coefficient (Wildman–Crippen LogP) is 0.954. The minimum absolute atomic E-state index is 0.00599. The van der Waals surface area contributed by atoms with Gasteiger partial charge in [-0.15, -0.1) is 6.58 Å². The number of rotatable bonds is 7. The van der Waals surface area contributed by atoms with Crippen LogP contribution in [-0.4, -0.2) is 31.7 Å². The van der Waals surface area contributed by atoms with Crippen molar-refractivity contribution in [2.24, 2.45) is 5.73 Å². The predicted molar refractivity (Wildman–Crippen MR) is 78.6 cm³/mol.